The molecule has 112 valence electrons. The topological polar surface area (TPSA) is 62.5 Å². The van der Waals surface area contributed by atoms with Gasteiger partial charge in [0, 0.05) is 6.04 Å². The maximum atomic E-state index is 12.7. The Morgan fingerprint density at radius 1 is 1.40 bits per heavy atom. The Labute approximate surface area is 114 Å². The number of carbonyl (C=O) groups is 1. The molecule has 2 rings (SSSR count). The molecule has 2 unspecified atom stereocenters. The Morgan fingerprint density at radius 2 is 2.15 bits per heavy atom. The van der Waals surface area contributed by atoms with Crippen molar-refractivity contribution in [3.8, 4) is 0 Å². The molecule has 1 fully saturated rings. The second kappa shape index (κ2) is 5.87. The fourth-order valence-corrected chi connectivity index (χ4v) is 2.51. The zero-order valence-corrected chi connectivity index (χ0v) is 10.7. The van der Waals surface area contributed by atoms with Gasteiger partial charge in [0.2, 0.25) is 5.76 Å². The molecule has 1 aromatic rings. The first-order valence-electron chi connectivity index (χ1n) is 6.48. The van der Waals surface area contributed by atoms with Crippen molar-refractivity contribution in [3.63, 3.8) is 0 Å². The normalized spacial score (nSPS) is 23.8. The van der Waals surface area contributed by atoms with E-state index in [1.54, 1.807) is 0 Å². The van der Waals surface area contributed by atoms with Crippen molar-refractivity contribution in [2.45, 2.75) is 44.4 Å². The van der Waals surface area contributed by atoms with Crippen molar-refractivity contribution < 1.29 is 27.5 Å². The third-order valence-electron chi connectivity index (χ3n) is 3.57. The molecule has 0 saturated heterocycles. The van der Waals surface area contributed by atoms with E-state index in [0.29, 0.717) is 18.6 Å². The van der Waals surface area contributed by atoms with Crippen LogP contribution in [0.1, 0.15) is 42.0 Å². The van der Waals surface area contributed by atoms with E-state index in [1.165, 1.54) is 12.1 Å². The molecule has 1 heterocycles. The number of hydrogen-bond donors (Lipinski definition) is 2. The minimum atomic E-state index is -4.14. The van der Waals surface area contributed by atoms with Crippen LogP contribution >= 0.6 is 0 Å². The van der Waals surface area contributed by atoms with Crippen LogP contribution < -0.4 is 5.32 Å². The monoisotopic (exact) mass is 291 g/mol. The van der Waals surface area contributed by atoms with Gasteiger partial charge >= 0.3 is 12.1 Å². The van der Waals surface area contributed by atoms with Crippen molar-refractivity contribution in [2.24, 2.45) is 5.92 Å². The van der Waals surface area contributed by atoms with Crippen LogP contribution in [0, 0.1) is 5.92 Å². The summed E-state index contributed by atoms with van der Waals surface area (Å²) in [7, 11) is 0. The van der Waals surface area contributed by atoms with Gasteiger partial charge in [0.25, 0.3) is 0 Å². The fraction of sp³-hybridized carbons (Fsp3) is 0.615. The number of alkyl halides is 3. The SMILES string of the molecule is O=C(O)c1ccc(CNC2CCCC(C(F)(F)F)C2)o1. The highest BCUT2D eigenvalue weighted by Crippen LogP contribution is 2.37. The summed E-state index contributed by atoms with van der Waals surface area (Å²) in [5.74, 6) is -2.17. The molecule has 20 heavy (non-hydrogen) atoms. The van der Waals surface area contributed by atoms with Crippen LogP contribution in [0.25, 0.3) is 0 Å². The molecule has 0 radical (unpaired) electrons. The number of hydrogen-bond acceptors (Lipinski definition) is 3. The summed E-state index contributed by atoms with van der Waals surface area (Å²) in [6.07, 6.45) is -2.65. The van der Waals surface area contributed by atoms with Crippen LogP contribution in [-0.4, -0.2) is 23.3 Å². The predicted octanol–water partition coefficient (Wildman–Crippen LogP) is 3.19. The summed E-state index contributed by atoms with van der Waals surface area (Å²) in [4.78, 5) is 10.6. The maximum absolute atomic E-state index is 12.7. The molecule has 1 aliphatic carbocycles. The molecule has 2 N–H and O–H groups in total. The molecule has 0 spiro atoms. The van der Waals surface area contributed by atoms with Gasteiger partial charge in [0.05, 0.1) is 12.5 Å². The van der Waals surface area contributed by atoms with Gasteiger partial charge in [-0.3, -0.25) is 0 Å². The summed E-state index contributed by atoms with van der Waals surface area (Å²) in [5, 5.41) is 11.7. The number of nitrogens with one attached hydrogen (secondary N) is 1. The van der Waals surface area contributed by atoms with Crippen molar-refractivity contribution in [1.82, 2.24) is 5.32 Å². The second-order valence-electron chi connectivity index (χ2n) is 5.05. The van der Waals surface area contributed by atoms with E-state index >= 15 is 0 Å². The molecule has 0 aromatic carbocycles. The van der Waals surface area contributed by atoms with Crippen molar-refractivity contribution in [2.75, 3.05) is 0 Å². The molecule has 7 heteroatoms. The van der Waals surface area contributed by atoms with Crippen molar-refractivity contribution in [1.29, 1.82) is 0 Å². The minimum absolute atomic E-state index is 0.0655. The standard InChI is InChI=1S/C13H16F3NO3/c14-13(15,16)8-2-1-3-9(6-8)17-7-10-4-5-11(20-10)12(18)19/h4-5,8-9,17H,1-3,6-7H2,(H,18,19). The fourth-order valence-electron chi connectivity index (χ4n) is 2.51. The molecule has 1 saturated carbocycles. The lowest BCUT2D eigenvalue weighted by Gasteiger charge is -2.30. The molecular weight excluding hydrogens is 275 g/mol. The van der Waals surface area contributed by atoms with E-state index in [0.717, 1.165) is 0 Å². The smallest absolute Gasteiger partial charge is 0.391 e. The van der Waals surface area contributed by atoms with Crippen molar-refractivity contribution >= 4 is 5.97 Å². The first kappa shape index (κ1) is 14.9. The van der Waals surface area contributed by atoms with E-state index in [2.05, 4.69) is 5.32 Å². The van der Waals surface area contributed by atoms with Gasteiger partial charge in [-0.2, -0.15) is 13.2 Å². The molecule has 2 atom stereocenters. The summed E-state index contributed by atoms with van der Waals surface area (Å²) in [6.45, 7) is 0.239. The predicted molar refractivity (Wildman–Crippen MR) is 64.3 cm³/mol. The lowest BCUT2D eigenvalue weighted by atomic mass is 9.85. The number of rotatable bonds is 4. The summed E-state index contributed by atoms with van der Waals surface area (Å²) in [6, 6.07) is 2.63. The number of carboxylic acid groups (broad SMARTS) is 1. The average Bonchev–Trinajstić information content (AvgIpc) is 2.85. The van der Waals surface area contributed by atoms with Gasteiger partial charge in [-0.15, -0.1) is 0 Å². The lowest BCUT2D eigenvalue weighted by molar-refractivity contribution is -0.183. The summed E-state index contributed by atoms with van der Waals surface area (Å²) in [5.41, 5.74) is 0. The van der Waals surface area contributed by atoms with Crippen LogP contribution in [0.3, 0.4) is 0 Å². The highest BCUT2D eigenvalue weighted by molar-refractivity contribution is 5.84. The molecule has 1 aliphatic rings. The molecular formula is C13H16F3NO3. The van der Waals surface area contributed by atoms with Gasteiger partial charge in [0.15, 0.2) is 0 Å². The molecule has 0 aliphatic heterocycles. The Bertz CT molecular complexity index is 470. The van der Waals surface area contributed by atoms with E-state index in [1.807, 2.05) is 0 Å². The van der Waals surface area contributed by atoms with Gasteiger partial charge < -0.3 is 14.8 Å². The third-order valence-corrected chi connectivity index (χ3v) is 3.57. The van der Waals surface area contributed by atoms with Crippen LogP contribution in [0.15, 0.2) is 16.5 Å². The Hall–Kier alpha value is -1.50. The van der Waals surface area contributed by atoms with E-state index in [4.69, 9.17) is 9.52 Å². The van der Waals surface area contributed by atoms with Gasteiger partial charge in [-0.1, -0.05) is 6.42 Å². The van der Waals surface area contributed by atoms with E-state index < -0.39 is 18.1 Å². The molecule has 4 nitrogen and oxygen atoms in total. The zero-order chi connectivity index (χ0) is 14.8. The van der Waals surface area contributed by atoms with Crippen LogP contribution in [0.5, 0.6) is 0 Å². The Morgan fingerprint density at radius 3 is 2.75 bits per heavy atom. The number of halogens is 3. The van der Waals surface area contributed by atoms with Crippen molar-refractivity contribution in [3.05, 3.63) is 23.7 Å². The third kappa shape index (κ3) is 3.75. The zero-order valence-electron chi connectivity index (χ0n) is 10.7. The first-order valence-corrected chi connectivity index (χ1v) is 6.48. The molecule has 0 bridgehead atoms. The van der Waals surface area contributed by atoms with E-state index in [-0.39, 0.29) is 31.2 Å². The highest BCUT2D eigenvalue weighted by atomic mass is 19.4. The van der Waals surface area contributed by atoms with Gasteiger partial charge in [0.1, 0.15) is 5.76 Å². The average molecular weight is 291 g/mol. The minimum Gasteiger partial charge on any atom is -0.475 e. The second-order valence-corrected chi connectivity index (χ2v) is 5.05. The molecule has 0 amide bonds. The van der Waals surface area contributed by atoms with Gasteiger partial charge in [-0.25, -0.2) is 4.79 Å². The van der Waals surface area contributed by atoms with Crippen LogP contribution in [-0.2, 0) is 6.54 Å². The number of carboxylic acids is 1. The number of furan rings is 1. The summed E-state index contributed by atoms with van der Waals surface area (Å²) >= 11 is 0. The highest BCUT2D eigenvalue weighted by Gasteiger charge is 2.42. The quantitative estimate of drug-likeness (QED) is 0.894. The van der Waals surface area contributed by atoms with Crippen LogP contribution in [0.2, 0.25) is 0 Å². The Balaban J connectivity index is 1.85. The largest absolute Gasteiger partial charge is 0.475 e. The summed E-state index contributed by atoms with van der Waals surface area (Å²) < 4.78 is 43.0. The maximum Gasteiger partial charge on any atom is 0.391 e. The first-order chi connectivity index (χ1) is 9.36. The van der Waals surface area contributed by atoms with Gasteiger partial charge in [-0.05, 0) is 31.4 Å². The number of aromatic carboxylic acids is 1. The molecule has 1 aromatic heterocycles. The lowest BCUT2D eigenvalue weighted by Crippen LogP contribution is -2.38. The van der Waals surface area contributed by atoms with E-state index in [9.17, 15) is 18.0 Å². The van der Waals surface area contributed by atoms with Crippen LogP contribution in [0.4, 0.5) is 13.2 Å². The Kier molecular flexibility index (Phi) is 4.37.